The molecule has 2 rings (SSSR count). The van der Waals surface area contributed by atoms with E-state index < -0.39 is 11.5 Å². The topological polar surface area (TPSA) is 86.7 Å². The molecule has 1 aliphatic heterocycles. The first-order valence-electron chi connectivity index (χ1n) is 8.86. The van der Waals surface area contributed by atoms with E-state index in [1.165, 1.54) is 0 Å². The van der Waals surface area contributed by atoms with E-state index in [1.807, 2.05) is 0 Å². The van der Waals surface area contributed by atoms with Crippen molar-refractivity contribution >= 4 is 17.8 Å². The quantitative estimate of drug-likeness (QED) is 0.775. The third kappa shape index (κ3) is 4.94. The Bertz CT molecular complexity index is 442. The summed E-state index contributed by atoms with van der Waals surface area (Å²) in [6, 6.07) is 0. The van der Waals surface area contributed by atoms with Gasteiger partial charge in [0.1, 0.15) is 5.54 Å². The molecular formula is C17H28N2O4. The van der Waals surface area contributed by atoms with Gasteiger partial charge in [-0.05, 0) is 25.7 Å². The van der Waals surface area contributed by atoms with Crippen LogP contribution in [0.15, 0.2) is 0 Å². The summed E-state index contributed by atoms with van der Waals surface area (Å²) in [5.41, 5.74) is -1.15. The van der Waals surface area contributed by atoms with Gasteiger partial charge in [-0.3, -0.25) is 9.59 Å². The summed E-state index contributed by atoms with van der Waals surface area (Å²) >= 11 is 0. The highest BCUT2D eigenvalue weighted by Crippen LogP contribution is 2.27. The molecule has 6 nitrogen and oxygen atoms in total. The predicted molar refractivity (Wildman–Crippen MR) is 85.9 cm³/mol. The van der Waals surface area contributed by atoms with Gasteiger partial charge in [-0.1, -0.05) is 38.5 Å². The molecular weight excluding hydrogens is 296 g/mol. The molecule has 2 N–H and O–H groups in total. The fraction of sp³-hybridized carbons (Fsp3) is 0.824. The fourth-order valence-electron chi connectivity index (χ4n) is 3.59. The molecule has 0 atom stereocenters. The number of aliphatic carboxylic acids is 1. The van der Waals surface area contributed by atoms with E-state index in [0.717, 1.165) is 51.4 Å². The predicted octanol–water partition coefficient (Wildman–Crippen LogP) is 2.07. The van der Waals surface area contributed by atoms with Gasteiger partial charge in [0.25, 0.3) is 0 Å². The number of nitrogens with one attached hydrogen (secondary N) is 1. The highest BCUT2D eigenvalue weighted by Gasteiger charge is 2.40. The molecule has 0 bridgehead atoms. The second-order valence-electron chi connectivity index (χ2n) is 6.83. The van der Waals surface area contributed by atoms with Crippen molar-refractivity contribution in [2.75, 3.05) is 13.1 Å². The molecule has 0 unspecified atom stereocenters. The second kappa shape index (κ2) is 8.31. The largest absolute Gasteiger partial charge is 0.480 e. The molecule has 6 heteroatoms. The highest BCUT2D eigenvalue weighted by atomic mass is 16.4. The van der Waals surface area contributed by atoms with Gasteiger partial charge in [-0.25, -0.2) is 4.79 Å². The number of likely N-dealkylation sites (tertiary alicyclic amines) is 1. The van der Waals surface area contributed by atoms with Crippen molar-refractivity contribution in [2.24, 2.45) is 0 Å². The van der Waals surface area contributed by atoms with Crippen LogP contribution in [0.1, 0.15) is 70.6 Å². The molecule has 0 radical (unpaired) electrons. The van der Waals surface area contributed by atoms with Crippen molar-refractivity contribution in [2.45, 2.75) is 76.2 Å². The summed E-state index contributed by atoms with van der Waals surface area (Å²) in [7, 11) is 0. The lowest BCUT2D eigenvalue weighted by Gasteiger charge is -2.31. The number of rotatable bonds is 4. The standard InChI is InChI=1S/C17H28N2O4/c20-14(13-19-12-8-4-1-5-9-15(19)21)18-17(16(22)23)10-6-2-3-7-11-17/h1-13H2,(H,18,20)(H,22,23). The number of hydrogen-bond donors (Lipinski definition) is 2. The van der Waals surface area contributed by atoms with Crippen LogP contribution >= 0.6 is 0 Å². The summed E-state index contributed by atoms with van der Waals surface area (Å²) in [5.74, 6) is -1.29. The highest BCUT2D eigenvalue weighted by molar-refractivity contribution is 5.90. The minimum absolute atomic E-state index is 0.00471. The first-order chi connectivity index (χ1) is 11.0. The summed E-state index contributed by atoms with van der Waals surface area (Å²) in [6.07, 6.45) is 8.99. The van der Waals surface area contributed by atoms with Crippen molar-refractivity contribution in [1.29, 1.82) is 0 Å². The van der Waals surface area contributed by atoms with E-state index in [9.17, 15) is 19.5 Å². The first-order valence-corrected chi connectivity index (χ1v) is 8.86. The molecule has 0 aromatic carbocycles. The van der Waals surface area contributed by atoms with Crippen LogP contribution in [-0.2, 0) is 14.4 Å². The van der Waals surface area contributed by atoms with E-state index in [2.05, 4.69) is 5.32 Å². The van der Waals surface area contributed by atoms with Crippen LogP contribution < -0.4 is 5.32 Å². The average molecular weight is 324 g/mol. The van der Waals surface area contributed by atoms with Gasteiger partial charge < -0.3 is 15.3 Å². The Hall–Kier alpha value is -1.59. The maximum absolute atomic E-state index is 12.4. The number of carbonyl (C=O) groups is 3. The molecule has 23 heavy (non-hydrogen) atoms. The Balaban J connectivity index is 1.97. The molecule has 1 saturated heterocycles. The zero-order chi connectivity index (χ0) is 16.7. The summed E-state index contributed by atoms with van der Waals surface area (Å²) in [6.45, 7) is 0.570. The molecule has 1 saturated carbocycles. The van der Waals surface area contributed by atoms with E-state index in [1.54, 1.807) is 4.90 Å². The summed E-state index contributed by atoms with van der Waals surface area (Å²) in [5, 5.41) is 12.4. The van der Waals surface area contributed by atoms with Crippen LogP contribution in [0.5, 0.6) is 0 Å². The Kier molecular flexibility index (Phi) is 6.42. The molecule has 0 aromatic rings. The maximum atomic E-state index is 12.4. The SMILES string of the molecule is O=C(CN1CCCCCCC1=O)NC1(C(=O)O)CCCCCC1. The minimum atomic E-state index is -1.15. The molecule has 1 aliphatic carbocycles. The fourth-order valence-corrected chi connectivity index (χ4v) is 3.59. The molecule has 0 aromatic heterocycles. The van der Waals surface area contributed by atoms with Gasteiger partial charge >= 0.3 is 5.97 Å². The van der Waals surface area contributed by atoms with E-state index in [4.69, 9.17) is 0 Å². The van der Waals surface area contributed by atoms with E-state index in [0.29, 0.717) is 25.8 Å². The zero-order valence-electron chi connectivity index (χ0n) is 13.8. The van der Waals surface area contributed by atoms with Crippen molar-refractivity contribution in [3.8, 4) is 0 Å². The van der Waals surface area contributed by atoms with Crippen molar-refractivity contribution in [3.63, 3.8) is 0 Å². The van der Waals surface area contributed by atoms with Crippen LogP contribution in [-0.4, -0.2) is 46.4 Å². The molecule has 1 heterocycles. The Labute approximate surface area is 137 Å². The van der Waals surface area contributed by atoms with Gasteiger partial charge in [-0.2, -0.15) is 0 Å². The van der Waals surface area contributed by atoms with Gasteiger partial charge in [0.2, 0.25) is 11.8 Å². The summed E-state index contributed by atoms with van der Waals surface area (Å²) < 4.78 is 0. The van der Waals surface area contributed by atoms with Crippen LogP contribution in [0.4, 0.5) is 0 Å². The maximum Gasteiger partial charge on any atom is 0.329 e. The lowest BCUT2D eigenvalue weighted by Crippen LogP contribution is -2.56. The number of hydrogen-bond acceptors (Lipinski definition) is 3. The monoisotopic (exact) mass is 324 g/mol. The normalized spacial score (nSPS) is 22.6. The van der Waals surface area contributed by atoms with Gasteiger partial charge in [-0.15, -0.1) is 0 Å². The molecule has 2 fully saturated rings. The Morgan fingerprint density at radius 1 is 1.00 bits per heavy atom. The lowest BCUT2D eigenvalue weighted by molar-refractivity contribution is -0.149. The average Bonchev–Trinajstić information content (AvgIpc) is 2.73. The van der Waals surface area contributed by atoms with Crippen molar-refractivity contribution in [3.05, 3.63) is 0 Å². The molecule has 0 spiro atoms. The third-order valence-electron chi connectivity index (χ3n) is 5.00. The van der Waals surface area contributed by atoms with Crippen molar-refractivity contribution < 1.29 is 19.5 Å². The zero-order valence-corrected chi connectivity index (χ0v) is 13.8. The number of carbonyl (C=O) groups excluding carboxylic acids is 2. The number of nitrogens with zero attached hydrogens (tertiary/aromatic N) is 1. The molecule has 130 valence electrons. The first kappa shape index (κ1) is 17.8. The van der Waals surface area contributed by atoms with Crippen LogP contribution in [0, 0.1) is 0 Å². The molecule has 2 aliphatic rings. The number of amides is 2. The van der Waals surface area contributed by atoms with Gasteiger partial charge in [0, 0.05) is 13.0 Å². The Morgan fingerprint density at radius 2 is 1.61 bits per heavy atom. The smallest absolute Gasteiger partial charge is 0.329 e. The van der Waals surface area contributed by atoms with E-state index >= 15 is 0 Å². The minimum Gasteiger partial charge on any atom is -0.480 e. The van der Waals surface area contributed by atoms with Crippen LogP contribution in [0.2, 0.25) is 0 Å². The second-order valence-corrected chi connectivity index (χ2v) is 6.83. The van der Waals surface area contributed by atoms with Gasteiger partial charge in [0.15, 0.2) is 0 Å². The van der Waals surface area contributed by atoms with E-state index in [-0.39, 0.29) is 18.4 Å². The van der Waals surface area contributed by atoms with Gasteiger partial charge in [0.05, 0.1) is 6.54 Å². The van der Waals surface area contributed by atoms with Crippen LogP contribution in [0.25, 0.3) is 0 Å². The summed E-state index contributed by atoms with van der Waals surface area (Å²) in [4.78, 5) is 37.8. The number of carboxylic acid groups (broad SMARTS) is 1. The third-order valence-corrected chi connectivity index (χ3v) is 5.00. The van der Waals surface area contributed by atoms with Crippen molar-refractivity contribution in [1.82, 2.24) is 10.2 Å². The lowest BCUT2D eigenvalue weighted by atomic mass is 9.90. The Morgan fingerprint density at radius 3 is 2.26 bits per heavy atom. The number of carboxylic acids is 1. The molecule has 2 amide bonds. The van der Waals surface area contributed by atoms with Crippen LogP contribution in [0.3, 0.4) is 0 Å².